The van der Waals surface area contributed by atoms with Gasteiger partial charge in [-0.15, -0.1) is 0 Å². The molecule has 6 heteroatoms. The number of benzene rings is 2. The molecule has 2 aromatic rings. The molecule has 0 saturated heterocycles. The maximum atomic E-state index is 14.1. The van der Waals surface area contributed by atoms with Crippen LogP contribution in [0.2, 0.25) is 0 Å². The topological polar surface area (TPSA) is 18.5 Å². The number of hydrogen-bond donors (Lipinski definition) is 0. The van der Waals surface area contributed by atoms with Crippen LogP contribution < -0.4 is 9.47 Å². The van der Waals surface area contributed by atoms with E-state index in [1.54, 1.807) is 19.1 Å². The Kier molecular flexibility index (Phi) is 7.06. The summed E-state index contributed by atoms with van der Waals surface area (Å²) in [4.78, 5) is 0. The third-order valence-corrected chi connectivity index (χ3v) is 3.66. The standard InChI is InChI=1S/C20H20F4O2/c1-3-25-17-9-10-18(20(24)19(17)23)26-12-14-7-8-15(16(22)11-14)6-4-5-13(2)21/h5,7-11H,3-4,6,12H2,1-2H3/b13-5-. The maximum Gasteiger partial charge on any atom is 0.204 e. The van der Waals surface area contributed by atoms with Crippen molar-refractivity contribution in [3.8, 4) is 11.5 Å². The van der Waals surface area contributed by atoms with Crippen molar-refractivity contribution in [2.24, 2.45) is 0 Å². The monoisotopic (exact) mass is 368 g/mol. The Bertz CT molecular complexity index is 784. The van der Waals surface area contributed by atoms with Crippen LogP contribution in [0.4, 0.5) is 17.6 Å². The molecule has 0 radical (unpaired) electrons. The number of halogens is 4. The third kappa shape index (κ3) is 5.25. The van der Waals surface area contributed by atoms with E-state index < -0.39 is 17.5 Å². The van der Waals surface area contributed by atoms with E-state index in [0.717, 1.165) is 0 Å². The van der Waals surface area contributed by atoms with Crippen LogP contribution in [0.1, 0.15) is 31.4 Å². The highest BCUT2D eigenvalue weighted by molar-refractivity contribution is 5.35. The van der Waals surface area contributed by atoms with Crippen molar-refractivity contribution >= 4 is 0 Å². The smallest absolute Gasteiger partial charge is 0.204 e. The molecule has 2 aromatic carbocycles. The second kappa shape index (κ2) is 9.27. The van der Waals surface area contributed by atoms with Gasteiger partial charge in [-0.1, -0.05) is 18.2 Å². The third-order valence-electron chi connectivity index (χ3n) is 3.66. The first-order valence-corrected chi connectivity index (χ1v) is 8.25. The molecule has 0 aliphatic heterocycles. The number of aryl methyl sites for hydroxylation is 1. The minimum atomic E-state index is -1.15. The lowest BCUT2D eigenvalue weighted by Gasteiger charge is -2.11. The van der Waals surface area contributed by atoms with Gasteiger partial charge in [-0.25, -0.2) is 8.78 Å². The zero-order valence-corrected chi connectivity index (χ0v) is 14.6. The van der Waals surface area contributed by atoms with Gasteiger partial charge in [-0.3, -0.25) is 0 Å². The van der Waals surface area contributed by atoms with Crippen molar-refractivity contribution < 1.29 is 27.0 Å². The molecule has 2 nitrogen and oxygen atoms in total. The quantitative estimate of drug-likeness (QED) is 0.541. The van der Waals surface area contributed by atoms with E-state index in [-0.39, 0.29) is 30.5 Å². The summed E-state index contributed by atoms with van der Waals surface area (Å²) in [5, 5.41) is 0. The Hall–Kier alpha value is -2.50. The first-order chi connectivity index (χ1) is 12.4. The van der Waals surface area contributed by atoms with Crippen LogP contribution in [0.3, 0.4) is 0 Å². The average Bonchev–Trinajstić information content (AvgIpc) is 2.60. The summed E-state index contributed by atoms with van der Waals surface area (Å²) < 4.78 is 64.7. The Balaban J connectivity index is 2.02. The van der Waals surface area contributed by atoms with Crippen LogP contribution in [0.25, 0.3) is 0 Å². The van der Waals surface area contributed by atoms with E-state index in [1.165, 1.54) is 31.2 Å². The van der Waals surface area contributed by atoms with Gasteiger partial charge in [0.05, 0.1) is 12.4 Å². The SMILES string of the molecule is CCOc1ccc(OCc2ccc(CC/C=C(/C)F)c(F)c2)c(F)c1F. The lowest BCUT2D eigenvalue weighted by Crippen LogP contribution is -2.02. The lowest BCUT2D eigenvalue weighted by molar-refractivity contribution is 0.274. The summed E-state index contributed by atoms with van der Waals surface area (Å²) in [6.45, 7) is 3.09. The van der Waals surface area contributed by atoms with E-state index >= 15 is 0 Å². The number of hydrogen-bond acceptors (Lipinski definition) is 2. The molecule has 0 unspecified atom stereocenters. The normalized spacial score (nSPS) is 11.5. The van der Waals surface area contributed by atoms with Crippen molar-refractivity contribution in [3.05, 3.63) is 70.8 Å². The molecule has 0 aliphatic rings. The summed E-state index contributed by atoms with van der Waals surface area (Å²) >= 11 is 0. The summed E-state index contributed by atoms with van der Waals surface area (Å²) in [5.41, 5.74) is 0.918. The van der Waals surface area contributed by atoms with Gasteiger partial charge in [0.1, 0.15) is 12.4 Å². The van der Waals surface area contributed by atoms with Crippen LogP contribution in [-0.2, 0) is 13.0 Å². The summed E-state index contributed by atoms with van der Waals surface area (Å²) in [6, 6.07) is 7.02. The fourth-order valence-corrected chi connectivity index (χ4v) is 2.36. The van der Waals surface area contributed by atoms with Gasteiger partial charge in [0, 0.05) is 0 Å². The Morgan fingerprint density at radius 3 is 2.23 bits per heavy atom. The van der Waals surface area contributed by atoms with Gasteiger partial charge >= 0.3 is 0 Å². The highest BCUT2D eigenvalue weighted by atomic mass is 19.2. The molecule has 0 aliphatic carbocycles. The number of ether oxygens (including phenoxy) is 2. The van der Waals surface area contributed by atoms with E-state index in [1.807, 2.05) is 0 Å². The number of allylic oxidation sites excluding steroid dienone is 2. The lowest BCUT2D eigenvalue weighted by atomic mass is 10.1. The van der Waals surface area contributed by atoms with Gasteiger partial charge in [-0.2, -0.15) is 8.78 Å². The van der Waals surface area contributed by atoms with Crippen molar-refractivity contribution in [1.29, 1.82) is 0 Å². The van der Waals surface area contributed by atoms with Gasteiger partial charge < -0.3 is 9.47 Å². The molecule has 0 spiro atoms. The Morgan fingerprint density at radius 1 is 1.00 bits per heavy atom. The molecular formula is C20H20F4O2. The highest BCUT2D eigenvalue weighted by Gasteiger charge is 2.15. The first kappa shape index (κ1) is 19.8. The second-order valence-corrected chi connectivity index (χ2v) is 5.67. The van der Waals surface area contributed by atoms with Gasteiger partial charge in [-0.05, 0) is 56.0 Å². The Labute approximate surface area is 150 Å². The fourth-order valence-electron chi connectivity index (χ4n) is 2.36. The van der Waals surface area contributed by atoms with Crippen LogP contribution in [0.15, 0.2) is 42.2 Å². The van der Waals surface area contributed by atoms with Gasteiger partial charge in [0.25, 0.3) is 0 Å². The van der Waals surface area contributed by atoms with Crippen molar-refractivity contribution in [1.82, 2.24) is 0 Å². The minimum absolute atomic E-state index is 0.120. The van der Waals surface area contributed by atoms with Crippen LogP contribution in [-0.4, -0.2) is 6.61 Å². The minimum Gasteiger partial charge on any atom is -0.491 e. The predicted octanol–water partition coefficient (Wildman–Crippen LogP) is 5.89. The van der Waals surface area contributed by atoms with Crippen LogP contribution in [0.5, 0.6) is 11.5 Å². The van der Waals surface area contributed by atoms with Crippen LogP contribution >= 0.6 is 0 Å². The molecule has 0 bridgehead atoms. The fraction of sp³-hybridized carbons (Fsp3) is 0.300. The molecule has 0 fully saturated rings. The molecule has 140 valence electrons. The second-order valence-electron chi connectivity index (χ2n) is 5.67. The van der Waals surface area contributed by atoms with Crippen molar-refractivity contribution in [3.63, 3.8) is 0 Å². The van der Waals surface area contributed by atoms with E-state index in [9.17, 15) is 17.6 Å². The maximum absolute atomic E-state index is 14.1. The zero-order valence-electron chi connectivity index (χ0n) is 14.6. The summed E-state index contributed by atoms with van der Waals surface area (Å²) in [7, 11) is 0. The van der Waals surface area contributed by atoms with E-state index in [4.69, 9.17) is 9.47 Å². The molecule has 2 rings (SSSR count). The zero-order chi connectivity index (χ0) is 19.1. The Morgan fingerprint density at radius 2 is 1.65 bits per heavy atom. The molecule has 0 saturated carbocycles. The van der Waals surface area contributed by atoms with Crippen molar-refractivity contribution in [2.45, 2.75) is 33.3 Å². The molecule has 0 atom stereocenters. The van der Waals surface area contributed by atoms with E-state index in [0.29, 0.717) is 24.0 Å². The summed E-state index contributed by atoms with van der Waals surface area (Å²) in [6.07, 6.45) is 2.15. The van der Waals surface area contributed by atoms with Gasteiger partial charge in [0.15, 0.2) is 11.5 Å². The number of rotatable bonds is 8. The predicted molar refractivity (Wildman–Crippen MR) is 91.4 cm³/mol. The average molecular weight is 368 g/mol. The molecular weight excluding hydrogens is 348 g/mol. The molecule has 0 amide bonds. The summed E-state index contributed by atoms with van der Waals surface area (Å²) in [5.74, 6) is -3.50. The van der Waals surface area contributed by atoms with E-state index in [2.05, 4.69) is 0 Å². The highest BCUT2D eigenvalue weighted by Crippen LogP contribution is 2.28. The first-order valence-electron chi connectivity index (χ1n) is 8.25. The largest absolute Gasteiger partial charge is 0.491 e. The van der Waals surface area contributed by atoms with Gasteiger partial charge in [0.2, 0.25) is 11.6 Å². The molecule has 26 heavy (non-hydrogen) atoms. The molecule has 0 N–H and O–H groups in total. The van der Waals surface area contributed by atoms with Crippen molar-refractivity contribution in [2.75, 3.05) is 6.61 Å². The van der Waals surface area contributed by atoms with Crippen LogP contribution in [0, 0.1) is 17.5 Å². The molecule has 0 aromatic heterocycles. The molecule has 0 heterocycles.